The van der Waals surface area contributed by atoms with Gasteiger partial charge in [0.25, 0.3) is 5.91 Å². The zero-order valence-corrected chi connectivity index (χ0v) is 16.2. The molecule has 1 heterocycles. The molecule has 0 unspecified atom stereocenters. The van der Waals surface area contributed by atoms with Gasteiger partial charge in [-0.2, -0.15) is 0 Å². The van der Waals surface area contributed by atoms with Crippen molar-refractivity contribution in [1.82, 2.24) is 15.1 Å². The number of benzene rings is 2. The summed E-state index contributed by atoms with van der Waals surface area (Å²) in [5, 5.41) is 11.5. The van der Waals surface area contributed by atoms with Gasteiger partial charge in [-0.05, 0) is 29.8 Å². The van der Waals surface area contributed by atoms with E-state index in [4.69, 9.17) is 21.2 Å². The van der Waals surface area contributed by atoms with Crippen molar-refractivity contribution < 1.29 is 14.4 Å². The summed E-state index contributed by atoms with van der Waals surface area (Å²) >= 11 is 5.92. The van der Waals surface area contributed by atoms with Gasteiger partial charge in [0.15, 0.2) is 5.71 Å². The number of nitrogens with one attached hydrogen (secondary N) is 1. The topological polar surface area (TPSA) is 77.7 Å². The van der Waals surface area contributed by atoms with Crippen molar-refractivity contribution in [2.75, 3.05) is 14.2 Å². The summed E-state index contributed by atoms with van der Waals surface area (Å²) in [5.74, 6) is 0.108. The maximum absolute atomic E-state index is 12.1. The predicted molar refractivity (Wildman–Crippen MR) is 107 cm³/mol. The van der Waals surface area contributed by atoms with Crippen molar-refractivity contribution in [3.8, 4) is 11.6 Å². The number of carbonyl (C=O) groups excluding carboxylic acids is 1. The summed E-state index contributed by atoms with van der Waals surface area (Å²) in [4.78, 5) is 16.9. The smallest absolute Gasteiger partial charge is 0.273 e. The van der Waals surface area contributed by atoms with Gasteiger partial charge in [-0.3, -0.25) is 4.79 Å². The molecule has 7 nitrogen and oxygen atoms in total. The van der Waals surface area contributed by atoms with Crippen molar-refractivity contribution >= 4 is 23.2 Å². The van der Waals surface area contributed by atoms with E-state index in [9.17, 15) is 4.79 Å². The molecule has 144 valence electrons. The maximum atomic E-state index is 12.1. The quantitative estimate of drug-likeness (QED) is 0.489. The van der Waals surface area contributed by atoms with Crippen LogP contribution in [0.5, 0.6) is 5.88 Å². The number of carbonyl (C=O) groups is 1. The van der Waals surface area contributed by atoms with Gasteiger partial charge in [0, 0.05) is 29.9 Å². The lowest BCUT2D eigenvalue weighted by Gasteiger charge is -2.11. The second-order valence-electron chi connectivity index (χ2n) is 5.72. The number of hydrogen-bond acceptors (Lipinski definition) is 5. The Morgan fingerprint density at radius 3 is 2.64 bits per heavy atom. The van der Waals surface area contributed by atoms with Crippen LogP contribution in [-0.2, 0) is 16.2 Å². The third kappa shape index (κ3) is 4.50. The number of likely N-dealkylation sites (N-methyl/N-ethyl adjacent to an activating group) is 1. The fourth-order valence-electron chi connectivity index (χ4n) is 2.57. The molecule has 3 aromatic rings. The van der Waals surface area contributed by atoms with Gasteiger partial charge in [0.05, 0.1) is 5.69 Å². The molecule has 0 spiro atoms. The van der Waals surface area contributed by atoms with Crippen LogP contribution in [0, 0.1) is 0 Å². The highest BCUT2D eigenvalue weighted by Gasteiger charge is 2.17. The van der Waals surface area contributed by atoms with Gasteiger partial charge < -0.3 is 14.9 Å². The summed E-state index contributed by atoms with van der Waals surface area (Å²) in [7, 11) is 2.93. The van der Waals surface area contributed by atoms with E-state index in [1.165, 1.54) is 14.2 Å². The minimum atomic E-state index is -0.346. The lowest BCUT2D eigenvalue weighted by molar-refractivity contribution is -0.114. The molecule has 3 rings (SSSR count). The van der Waals surface area contributed by atoms with Crippen LogP contribution in [-0.4, -0.2) is 35.6 Å². The first kappa shape index (κ1) is 19.4. The summed E-state index contributed by atoms with van der Waals surface area (Å²) in [5.41, 5.74) is 2.45. The van der Waals surface area contributed by atoms with Crippen LogP contribution in [0.4, 0.5) is 0 Å². The van der Waals surface area contributed by atoms with E-state index in [-0.39, 0.29) is 18.2 Å². The molecule has 0 saturated carbocycles. The number of hydrogen-bond donors (Lipinski definition) is 1. The van der Waals surface area contributed by atoms with E-state index >= 15 is 0 Å². The molecule has 1 amide bonds. The molecule has 0 atom stereocenters. The number of nitrogens with zero attached hydrogens (tertiary/aromatic N) is 3. The summed E-state index contributed by atoms with van der Waals surface area (Å²) in [6.07, 6.45) is 1.80. The number of halogens is 1. The van der Waals surface area contributed by atoms with Crippen LogP contribution in [0.25, 0.3) is 5.69 Å². The first-order valence-electron chi connectivity index (χ1n) is 8.48. The summed E-state index contributed by atoms with van der Waals surface area (Å²) < 4.78 is 7.51. The number of ether oxygens (including phenoxy) is 1. The Morgan fingerprint density at radius 1 is 1.18 bits per heavy atom. The highest BCUT2D eigenvalue weighted by atomic mass is 35.5. The monoisotopic (exact) mass is 398 g/mol. The normalized spacial score (nSPS) is 11.2. The van der Waals surface area contributed by atoms with Crippen molar-refractivity contribution in [3.63, 3.8) is 0 Å². The standard InChI is InChI=1S/C20H19ClN4O3/c1-22-20(26)19(24-27-2)17-6-4-3-5-14(17)13-28-18-11-12-25(23-18)16-9-7-15(21)8-10-16/h3-12H,13H2,1-2H3,(H,22,26). The molecular weight excluding hydrogens is 380 g/mol. The van der Waals surface area contributed by atoms with Gasteiger partial charge in [0.1, 0.15) is 13.7 Å². The van der Waals surface area contributed by atoms with Crippen LogP contribution in [0.1, 0.15) is 11.1 Å². The highest BCUT2D eigenvalue weighted by Crippen LogP contribution is 2.18. The van der Waals surface area contributed by atoms with Crippen LogP contribution < -0.4 is 10.1 Å². The Hall–Kier alpha value is -3.32. The Labute approximate surface area is 167 Å². The largest absolute Gasteiger partial charge is 0.472 e. The fourth-order valence-corrected chi connectivity index (χ4v) is 2.70. The molecular formula is C20H19ClN4O3. The third-order valence-electron chi connectivity index (χ3n) is 3.93. The van der Waals surface area contributed by atoms with Crippen molar-refractivity contribution in [2.45, 2.75) is 6.61 Å². The number of rotatable bonds is 7. The van der Waals surface area contributed by atoms with Gasteiger partial charge in [0.2, 0.25) is 5.88 Å². The SMILES string of the molecule is CNC(=O)C(=NOC)c1ccccc1COc1ccn(-c2ccc(Cl)cc2)n1. The van der Waals surface area contributed by atoms with Gasteiger partial charge in [-0.25, -0.2) is 4.68 Å². The molecule has 0 fully saturated rings. The number of aromatic nitrogens is 2. The molecule has 0 aliphatic carbocycles. The third-order valence-corrected chi connectivity index (χ3v) is 4.18. The van der Waals surface area contributed by atoms with E-state index < -0.39 is 0 Å². The van der Waals surface area contributed by atoms with Gasteiger partial charge in [-0.1, -0.05) is 41.0 Å². The van der Waals surface area contributed by atoms with Crippen LogP contribution in [0.3, 0.4) is 0 Å². The van der Waals surface area contributed by atoms with Crippen LogP contribution in [0.2, 0.25) is 5.02 Å². The lowest BCUT2D eigenvalue weighted by Crippen LogP contribution is -2.29. The molecule has 0 radical (unpaired) electrons. The molecule has 1 N–H and O–H groups in total. The molecule has 0 aliphatic heterocycles. The minimum absolute atomic E-state index is 0.177. The van der Waals surface area contributed by atoms with Crippen molar-refractivity contribution in [1.29, 1.82) is 0 Å². The first-order valence-corrected chi connectivity index (χ1v) is 8.86. The van der Waals surface area contributed by atoms with E-state index in [1.54, 1.807) is 35.1 Å². The van der Waals surface area contributed by atoms with Crippen molar-refractivity contribution in [2.24, 2.45) is 5.16 Å². The molecule has 1 aromatic heterocycles. The van der Waals surface area contributed by atoms with Gasteiger partial charge >= 0.3 is 0 Å². The second kappa shape index (κ2) is 9.05. The second-order valence-corrected chi connectivity index (χ2v) is 6.16. The summed E-state index contributed by atoms with van der Waals surface area (Å²) in [6.45, 7) is 0.216. The van der Waals surface area contributed by atoms with E-state index in [0.29, 0.717) is 16.5 Å². The summed E-state index contributed by atoms with van der Waals surface area (Å²) in [6, 6.07) is 16.4. The zero-order chi connectivity index (χ0) is 19.9. The molecule has 0 aliphatic rings. The Kier molecular flexibility index (Phi) is 6.29. The van der Waals surface area contributed by atoms with Crippen LogP contribution in [0.15, 0.2) is 65.9 Å². The molecule has 28 heavy (non-hydrogen) atoms. The highest BCUT2D eigenvalue weighted by molar-refractivity contribution is 6.45. The molecule has 8 heteroatoms. The molecule has 0 bridgehead atoms. The zero-order valence-electron chi connectivity index (χ0n) is 15.4. The number of amides is 1. The van der Waals surface area contributed by atoms with Crippen LogP contribution >= 0.6 is 11.6 Å². The van der Waals surface area contributed by atoms with E-state index in [1.807, 2.05) is 30.3 Å². The average Bonchev–Trinajstić information content (AvgIpc) is 3.20. The predicted octanol–water partition coefficient (Wildman–Crippen LogP) is 3.20. The Balaban J connectivity index is 1.78. The number of oxime groups is 1. The molecule has 0 saturated heterocycles. The van der Waals surface area contributed by atoms with Crippen molar-refractivity contribution in [3.05, 3.63) is 76.9 Å². The lowest BCUT2D eigenvalue weighted by atomic mass is 10.0. The fraction of sp³-hybridized carbons (Fsp3) is 0.150. The first-order chi connectivity index (χ1) is 13.6. The van der Waals surface area contributed by atoms with E-state index in [2.05, 4.69) is 15.6 Å². The van der Waals surface area contributed by atoms with E-state index in [0.717, 1.165) is 11.3 Å². The Morgan fingerprint density at radius 2 is 1.93 bits per heavy atom. The average molecular weight is 399 g/mol. The van der Waals surface area contributed by atoms with Gasteiger partial charge in [-0.15, -0.1) is 5.10 Å². The minimum Gasteiger partial charge on any atom is -0.472 e. The maximum Gasteiger partial charge on any atom is 0.273 e. The molecule has 2 aromatic carbocycles. The Bertz CT molecular complexity index is 983.